The molecule has 0 spiro atoms. The van der Waals surface area contributed by atoms with Crippen LogP contribution in [0.25, 0.3) is 16.9 Å². The van der Waals surface area contributed by atoms with E-state index in [1.165, 1.54) is 42.5 Å². The molecule has 1 amide bonds. The maximum Gasteiger partial charge on any atom is 0.435 e. The zero-order valence-electron chi connectivity index (χ0n) is 17.8. The van der Waals surface area contributed by atoms with E-state index in [4.69, 9.17) is 11.6 Å². The van der Waals surface area contributed by atoms with Crippen molar-refractivity contribution in [3.8, 4) is 16.9 Å². The third-order valence-corrected chi connectivity index (χ3v) is 5.78. The predicted molar refractivity (Wildman–Crippen MR) is 126 cm³/mol. The van der Waals surface area contributed by atoms with Crippen molar-refractivity contribution in [1.82, 2.24) is 9.78 Å². The molecule has 4 aromatic rings. The monoisotopic (exact) mass is 587 g/mol. The summed E-state index contributed by atoms with van der Waals surface area (Å²) in [5.74, 6) is -0.705. The second-order valence-corrected chi connectivity index (χ2v) is 8.86. The molecule has 0 radical (unpaired) electrons. The first-order valence-corrected chi connectivity index (χ1v) is 11.2. The summed E-state index contributed by atoms with van der Waals surface area (Å²) in [4.78, 5) is 12.6. The van der Waals surface area contributed by atoms with Crippen LogP contribution in [0, 0.1) is 0 Å². The van der Waals surface area contributed by atoms with Crippen molar-refractivity contribution in [2.75, 3.05) is 5.32 Å². The second-order valence-electron chi connectivity index (χ2n) is 7.53. The van der Waals surface area contributed by atoms with Gasteiger partial charge >= 0.3 is 12.4 Å². The summed E-state index contributed by atoms with van der Waals surface area (Å²) in [7, 11) is 0. The fraction of sp³-hybridized carbons (Fsp3) is 0.0833. The van der Waals surface area contributed by atoms with E-state index in [0.29, 0.717) is 5.56 Å². The van der Waals surface area contributed by atoms with Crippen LogP contribution in [0.4, 0.5) is 32.0 Å². The Morgan fingerprint density at radius 2 is 1.56 bits per heavy atom. The number of carbonyl (C=O) groups excluding carboxylic acids is 1. The lowest BCUT2D eigenvalue weighted by molar-refractivity contribution is -0.141. The van der Waals surface area contributed by atoms with Gasteiger partial charge in [0.25, 0.3) is 5.91 Å². The van der Waals surface area contributed by atoms with E-state index in [-0.39, 0.29) is 32.1 Å². The van der Waals surface area contributed by atoms with Crippen LogP contribution >= 0.6 is 27.5 Å². The van der Waals surface area contributed by atoms with Gasteiger partial charge in [0.1, 0.15) is 0 Å². The van der Waals surface area contributed by atoms with Crippen molar-refractivity contribution < 1.29 is 31.1 Å². The summed E-state index contributed by atoms with van der Waals surface area (Å²) in [5.41, 5.74) is -1.49. The van der Waals surface area contributed by atoms with Gasteiger partial charge in [-0.2, -0.15) is 31.4 Å². The third kappa shape index (κ3) is 5.57. The molecule has 4 nitrogen and oxygen atoms in total. The lowest BCUT2D eigenvalue weighted by Gasteiger charge is -2.12. The Morgan fingerprint density at radius 3 is 2.17 bits per heavy atom. The summed E-state index contributed by atoms with van der Waals surface area (Å²) in [5, 5.41) is 6.24. The molecule has 0 fully saturated rings. The minimum Gasteiger partial charge on any atom is -0.322 e. The van der Waals surface area contributed by atoms with E-state index < -0.39 is 29.5 Å². The van der Waals surface area contributed by atoms with Crippen molar-refractivity contribution >= 4 is 39.1 Å². The highest BCUT2D eigenvalue weighted by Crippen LogP contribution is 2.35. The van der Waals surface area contributed by atoms with Crippen LogP contribution in [0.2, 0.25) is 5.02 Å². The largest absolute Gasteiger partial charge is 0.435 e. The van der Waals surface area contributed by atoms with Crippen LogP contribution in [0.1, 0.15) is 21.6 Å². The average Bonchev–Trinajstić information content (AvgIpc) is 3.24. The van der Waals surface area contributed by atoms with Gasteiger partial charge in [0.05, 0.1) is 22.0 Å². The molecule has 186 valence electrons. The summed E-state index contributed by atoms with van der Waals surface area (Å²) >= 11 is 9.15. The molecule has 36 heavy (non-hydrogen) atoms. The highest BCUT2D eigenvalue weighted by atomic mass is 79.9. The van der Waals surface area contributed by atoms with Crippen LogP contribution < -0.4 is 5.32 Å². The topological polar surface area (TPSA) is 46.9 Å². The molecule has 0 unspecified atom stereocenters. The molecule has 0 atom stereocenters. The van der Waals surface area contributed by atoms with Crippen LogP contribution in [0.3, 0.4) is 0 Å². The Hall–Kier alpha value is -3.31. The standard InChI is InChI=1S/C24H13BrClF6N3O/c25-16-9-15(23(27,28)29)10-17(11-16)33-22(36)14-7-5-13(6-8-14)20-12-21(24(30,31)32)34-35(20)19-4-2-1-3-18(19)26/h1-12H,(H,33,36). The summed E-state index contributed by atoms with van der Waals surface area (Å²) in [6.45, 7) is 0. The number of halogens is 8. The zero-order valence-corrected chi connectivity index (χ0v) is 20.1. The van der Waals surface area contributed by atoms with Crippen molar-refractivity contribution in [1.29, 1.82) is 0 Å². The summed E-state index contributed by atoms with van der Waals surface area (Å²) in [6.07, 6.45) is -9.31. The number of aromatic nitrogens is 2. The average molecular weight is 589 g/mol. The van der Waals surface area contributed by atoms with Gasteiger partial charge < -0.3 is 5.32 Å². The van der Waals surface area contributed by atoms with Gasteiger partial charge in [-0.1, -0.05) is 51.8 Å². The molecule has 4 rings (SSSR count). The SMILES string of the molecule is O=C(Nc1cc(Br)cc(C(F)(F)F)c1)c1ccc(-c2cc(C(F)(F)F)nn2-c2ccccc2Cl)cc1. The molecule has 0 saturated carbocycles. The zero-order chi connectivity index (χ0) is 26.3. The van der Waals surface area contributed by atoms with Gasteiger partial charge in [-0.15, -0.1) is 0 Å². The number of alkyl halides is 6. The Kier molecular flexibility index (Phi) is 6.89. The number of nitrogens with one attached hydrogen (secondary N) is 1. The number of hydrogen-bond donors (Lipinski definition) is 1. The minimum atomic E-state index is -4.71. The Labute approximate surface area is 213 Å². The van der Waals surface area contributed by atoms with Crippen molar-refractivity contribution in [2.45, 2.75) is 12.4 Å². The van der Waals surface area contributed by atoms with Crippen molar-refractivity contribution in [2.24, 2.45) is 0 Å². The van der Waals surface area contributed by atoms with Gasteiger partial charge in [0.15, 0.2) is 5.69 Å². The summed E-state index contributed by atoms with van der Waals surface area (Å²) < 4.78 is 80.5. The molecule has 0 saturated heterocycles. The quantitative estimate of drug-likeness (QED) is 0.244. The Morgan fingerprint density at radius 1 is 0.889 bits per heavy atom. The highest BCUT2D eigenvalue weighted by Gasteiger charge is 2.35. The number of para-hydroxylation sites is 1. The fourth-order valence-electron chi connectivity index (χ4n) is 3.35. The molecule has 1 heterocycles. The van der Waals surface area contributed by atoms with E-state index in [1.807, 2.05) is 0 Å². The van der Waals surface area contributed by atoms with Gasteiger partial charge in [-0.25, -0.2) is 4.68 Å². The normalized spacial score (nSPS) is 12.0. The van der Waals surface area contributed by atoms with Gasteiger partial charge in [0, 0.05) is 21.3 Å². The lowest BCUT2D eigenvalue weighted by Crippen LogP contribution is -2.13. The molecule has 0 aliphatic rings. The Balaban J connectivity index is 1.66. The molecule has 1 N–H and O–H groups in total. The number of nitrogens with zero attached hydrogens (tertiary/aromatic N) is 2. The minimum absolute atomic E-state index is 0.0733. The molecular formula is C24H13BrClF6N3O. The van der Waals surface area contributed by atoms with Crippen LogP contribution in [0.15, 0.2) is 77.3 Å². The molecule has 0 aliphatic carbocycles. The van der Waals surface area contributed by atoms with E-state index >= 15 is 0 Å². The molecule has 12 heteroatoms. The van der Waals surface area contributed by atoms with E-state index in [9.17, 15) is 31.1 Å². The summed E-state index contributed by atoms with van der Waals surface area (Å²) in [6, 6.07) is 15.6. The molecule has 3 aromatic carbocycles. The number of rotatable bonds is 4. The molecular weight excluding hydrogens is 576 g/mol. The first-order valence-electron chi connectivity index (χ1n) is 10.0. The smallest absolute Gasteiger partial charge is 0.322 e. The predicted octanol–water partition coefficient (Wildman–Crippen LogP) is 8.25. The number of anilines is 1. The third-order valence-electron chi connectivity index (χ3n) is 5.01. The number of benzene rings is 3. The highest BCUT2D eigenvalue weighted by molar-refractivity contribution is 9.10. The van der Waals surface area contributed by atoms with Crippen molar-refractivity contribution in [3.63, 3.8) is 0 Å². The second kappa shape index (κ2) is 9.62. The van der Waals surface area contributed by atoms with E-state index in [0.717, 1.165) is 22.9 Å². The molecule has 0 aliphatic heterocycles. The van der Waals surface area contributed by atoms with Crippen LogP contribution in [-0.4, -0.2) is 15.7 Å². The van der Waals surface area contributed by atoms with E-state index in [1.54, 1.807) is 12.1 Å². The number of hydrogen-bond acceptors (Lipinski definition) is 2. The first kappa shape index (κ1) is 25.8. The maximum atomic E-state index is 13.4. The number of amides is 1. The maximum absolute atomic E-state index is 13.4. The number of carbonyl (C=O) groups is 1. The van der Waals surface area contributed by atoms with Gasteiger partial charge in [-0.3, -0.25) is 4.79 Å². The lowest BCUT2D eigenvalue weighted by atomic mass is 10.1. The van der Waals surface area contributed by atoms with Crippen molar-refractivity contribution in [3.05, 3.63) is 99.1 Å². The van der Waals surface area contributed by atoms with Crippen LogP contribution in [-0.2, 0) is 12.4 Å². The first-order chi connectivity index (χ1) is 16.8. The van der Waals surface area contributed by atoms with Gasteiger partial charge in [0.2, 0.25) is 0 Å². The molecule has 0 bridgehead atoms. The van der Waals surface area contributed by atoms with E-state index in [2.05, 4.69) is 26.3 Å². The fourth-order valence-corrected chi connectivity index (χ4v) is 4.06. The molecule has 1 aromatic heterocycles. The Bertz CT molecular complexity index is 1430. The van der Waals surface area contributed by atoms with Crippen LogP contribution in [0.5, 0.6) is 0 Å². The van der Waals surface area contributed by atoms with Gasteiger partial charge in [-0.05, 0) is 48.5 Å².